The molecule has 2 amide bonds. The zero-order valence-corrected chi connectivity index (χ0v) is 25.2. The van der Waals surface area contributed by atoms with Gasteiger partial charge in [0.2, 0.25) is 5.88 Å². The van der Waals surface area contributed by atoms with Gasteiger partial charge in [-0.2, -0.15) is 18.4 Å². The van der Waals surface area contributed by atoms with Crippen molar-refractivity contribution < 1.29 is 31.9 Å². The molecule has 2 aromatic carbocycles. The molecule has 0 unspecified atom stereocenters. The van der Waals surface area contributed by atoms with Gasteiger partial charge in [0.25, 0.3) is 11.8 Å². The Morgan fingerprint density at radius 2 is 1.89 bits per heavy atom. The van der Waals surface area contributed by atoms with E-state index < -0.39 is 29.4 Å². The van der Waals surface area contributed by atoms with Crippen LogP contribution >= 0.6 is 0 Å². The van der Waals surface area contributed by atoms with E-state index in [2.05, 4.69) is 15.6 Å². The molecule has 1 fully saturated rings. The first kappa shape index (κ1) is 33.2. The van der Waals surface area contributed by atoms with Gasteiger partial charge in [0.15, 0.2) is 0 Å². The molecule has 0 radical (unpaired) electrons. The van der Waals surface area contributed by atoms with Crippen molar-refractivity contribution in [2.24, 2.45) is 0 Å². The molecule has 2 heterocycles. The van der Waals surface area contributed by atoms with Gasteiger partial charge in [0.05, 0.1) is 40.6 Å². The van der Waals surface area contributed by atoms with E-state index in [0.29, 0.717) is 36.9 Å². The third-order valence-corrected chi connectivity index (χ3v) is 7.60. The van der Waals surface area contributed by atoms with E-state index in [9.17, 15) is 28.0 Å². The number of likely N-dealkylation sites (N-methyl/N-ethyl adjacent to an activating group) is 1. The lowest BCUT2D eigenvalue weighted by atomic mass is 9.97. The summed E-state index contributed by atoms with van der Waals surface area (Å²) in [6.45, 7) is 5.17. The van der Waals surface area contributed by atoms with Crippen LogP contribution in [0.15, 0.2) is 48.7 Å². The van der Waals surface area contributed by atoms with Crippen LogP contribution in [-0.2, 0) is 6.18 Å². The fraction of sp³-hybridized carbons (Fsp3) is 0.375. The highest BCUT2D eigenvalue weighted by molar-refractivity contribution is 6.02. The number of benzene rings is 2. The number of hydrogen-bond acceptors (Lipinski definition) is 7. The lowest BCUT2D eigenvalue weighted by Crippen LogP contribution is -2.55. The highest BCUT2D eigenvalue weighted by atomic mass is 19.4. The van der Waals surface area contributed by atoms with E-state index in [4.69, 9.17) is 4.74 Å². The number of pyridine rings is 1. The van der Waals surface area contributed by atoms with Gasteiger partial charge in [-0.1, -0.05) is 6.92 Å². The fourth-order valence-electron chi connectivity index (χ4n) is 5.34. The number of amides is 2. The Bertz CT molecular complexity index is 1590. The smallest absolute Gasteiger partial charge is 0.416 e. The number of halogens is 4. The molecule has 3 aromatic rings. The van der Waals surface area contributed by atoms with Gasteiger partial charge in [-0.05, 0) is 62.9 Å². The van der Waals surface area contributed by atoms with Crippen molar-refractivity contribution in [1.29, 1.82) is 5.26 Å². The summed E-state index contributed by atoms with van der Waals surface area (Å²) in [4.78, 5) is 34.5. The number of alkyl halides is 3. The second-order valence-electron chi connectivity index (χ2n) is 10.3. The highest BCUT2D eigenvalue weighted by Crippen LogP contribution is 2.37. The summed E-state index contributed by atoms with van der Waals surface area (Å²) >= 11 is 0. The molecule has 1 atom stereocenters. The number of piperazine rings is 1. The summed E-state index contributed by atoms with van der Waals surface area (Å²) in [7, 11) is 1.73. The molecule has 2 N–H and O–H groups in total. The summed E-state index contributed by atoms with van der Waals surface area (Å²) in [5.41, 5.74) is -0.811. The summed E-state index contributed by atoms with van der Waals surface area (Å²) in [6, 6.07) is 10.4. The Balaban J connectivity index is 1.69. The number of nitriles is 1. The van der Waals surface area contributed by atoms with Gasteiger partial charge in [-0.15, -0.1) is 0 Å². The predicted molar refractivity (Wildman–Crippen MR) is 161 cm³/mol. The molecule has 45 heavy (non-hydrogen) atoms. The van der Waals surface area contributed by atoms with Crippen molar-refractivity contribution in [3.63, 3.8) is 0 Å². The minimum Gasteiger partial charge on any atom is -0.478 e. The Morgan fingerprint density at radius 3 is 2.56 bits per heavy atom. The van der Waals surface area contributed by atoms with Crippen molar-refractivity contribution in [3.8, 4) is 23.1 Å². The first-order valence-electron chi connectivity index (χ1n) is 14.6. The van der Waals surface area contributed by atoms with Crippen LogP contribution in [0, 0.1) is 17.1 Å². The van der Waals surface area contributed by atoms with Gasteiger partial charge in [0.1, 0.15) is 5.82 Å². The molecule has 238 valence electrons. The number of anilines is 1. The van der Waals surface area contributed by atoms with Crippen LogP contribution in [0.2, 0.25) is 0 Å². The van der Waals surface area contributed by atoms with Crippen LogP contribution < -0.4 is 20.3 Å². The third kappa shape index (κ3) is 7.17. The summed E-state index contributed by atoms with van der Waals surface area (Å²) in [5, 5.41) is 15.2. The zero-order valence-electron chi connectivity index (χ0n) is 25.2. The standard InChI is InChI=1S/C32H34F4N6O3/c1-4-22-19-41(31(44)23-9-8-21(32(34,35)36)17-20(23)18-37)15-16-42(22)26-11-10-24(25-7-6-12-40-30(25)45-5-2)28(33)27(26)29(43)39-14-13-38-3/h6-12,17,22,38H,4-5,13-16,19H2,1-3H3,(H,39,43)/t22-/m1/s1. The zero-order chi connectivity index (χ0) is 32.7. The van der Waals surface area contributed by atoms with Crippen LogP contribution in [-0.4, -0.2) is 74.1 Å². The molecule has 0 spiro atoms. The maximum absolute atomic E-state index is 16.4. The Labute approximate surface area is 258 Å². The number of rotatable bonds is 10. The van der Waals surface area contributed by atoms with Gasteiger partial charge < -0.3 is 25.2 Å². The van der Waals surface area contributed by atoms with E-state index in [0.717, 1.165) is 12.1 Å². The van der Waals surface area contributed by atoms with Gasteiger partial charge in [0, 0.05) is 56.1 Å². The molecule has 0 saturated carbocycles. The van der Waals surface area contributed by atoms with E-state index in [-0.39, 0.29) is 60.4 Å². The molecule has 13 heteroatoms. The lowest BCUT2D eigenvalue weighted by Gasteiger charge is -2.43. The second kappa shape index (κ2) is 14.4. The Morgan fingerprint density at radius 1 is 1.11 bits per heavy atom. The average Bonchev–Trinajstić information content (AvgIpc) is 3.03. The third-order valence-electron chi connectivity index (χ3n) is 7.60. The molecular weight excluding hydrogens is 592 g/mol. The molecule has 9 nitrogen and oxygen atoms in total. The highest BCUT2D eigenvalue weighted by Gasteiger charge is 2.35. The van der Waals surface area contributed by atoms with Crippen LogP contribution in [0.25, 0.3) is 11.1 Å². The molecule has 1 aromatic heterocycles. The number of aromatic nitrogens is 1. The van der Waals surface area contributed by atoms with Crippen molar-refractivity contribution in [3.05, 3.63) is 76.7 Å². The van der Waals surface area contributed by atoms with E-state index in [1.807, 2.05) is 11.8 Å². The SMILES string of the molecule is CCOc1ncccc1-c1ccc(N2CCN(C(=O)c3ccc(C(F)(F)F)cc3C#N)C[C@H]2CC)c(C(=O)NCCNC)c1F. The van der Waals surface area contributed by atoms with Gasteiger partial charge >= 0.3 is 6.18 Å². The number of hydrogen-bond donors (Lipinski definition) is 2. The predicted octanol–water partition coefficient (Wildman–Crippen LogP) is 4.87. The number of nitrogens with one attached hydrogen (secondary N) is 2. The molecule has 1 aliphatic rings. The molecule has 1 aliphatic heterocycles. The van der Waals surface area contributed by atoms with Gasteiger partial charge in [-0.3, -0.25) is 9.59 Å². The number of nitrogens with zero attached hydrogens (tertiary/aromatic N) is 4. The van der Waals surface area contributed by atoms with Crippen molar-refractivity contribution in [2.75, 3.05) is 51.3 Å². The molecule has 0 bridgehead atoms. The monoisotopic (exact) mass is 626 g/mol. The minimum atomic E-state index is -4.66. The molecule has 1 saturated heterocycles. The normalized spacial score (nSPS) is 15.0. The fourth-order valence-corrected chi connectivity index (χ4v) is 5.34. The van der Waals surface area contributed by atoms with Crippen LogP contribution in [0.5, 0.6) is 5.88 Å². The van der Waals surface area contributed by atoms with Crippen LogP contribution in [0.1, 0.15) is 52.1 Å². The van der Waals surface area contributed by atoms with Crippen molar-refractivity contribution >= 4 is 17.5 Å². The average molecular weight is 627 g/mol. The quantitative estimate of drug-likeness (QED) is 0.244. The maximum atomic E-state index is 16.4. The first-order chi connectivity index (χ1) is 21.5. The van der Waals surface area contributed by atoms with Gasteiger partial charge in [-0.25, -0.2) is 9.37 Å². The Kier molecular flexibility index (Phi) is 10.6. The van der Waals surface area contributed by atoms with E-state index in [1.165, 1.54) is 11.1 Å². The van der Waals surface area contributed by atoms with Crippen LogP contribution in [0.4, 0.5) is 23.2 Å². The molecule has 4 rings (SSSR count). The second-order valence-corrected chi connectivity index (χ2v) is 10.3. The number of carbonyl (C=O) groups is 2. The summed E-state index contributed by atoms with van der Waals surface area (Å²) < 4.78 is 61.6. The maximum Gasteiger partial charge on any atom is 0.416 e. The topological polar surface area (TPSA) is 111 Å². The van der Waals surface area contributed by atoms with E-state index in [1.54, 1.807) is 44.3 Å². The van der Waals surface area contributed by atoms with Crippen molar-refractivity contribution in [2.45, 2.75) is 32.5 Å². The molecule has 0 aliphatic carbocycles. The minimum absolute atomic E-state index is 0.127. The lowest BCUT2D eigenvalue weighted by molar-refractivity contribution is -0.137. The van der Waals surface area contributed by atoms with Crippen LogP contribution in [0.3, 0.4) is 0 Å². The van der Waals surface area contributed by atoms with Crippen molar-refractivity contribution in [1.82, 2.24) is 20.5 Å². The summed E-state index contributed by atoms with van der Waals surface area (Å²) in [5.74, 6) is -1.71. The Hall–Kier alpha value is -4.70. The van der Waals surface area contributed by atoms with E-state index >= 15 is 4.39 Å². The number of carbonyl (C=O) groups excluding carboxylic acids is 2. The summed E-state index contributed by atoms with van der Waals surface area (Å²) in [6.07, 6.45) is -2.62. The largest absolute Gasteiger partial charge is 0.478 e. The number of ether oxygens (including phenoxy) is 1. The molecular formula is C32H34F4N6O3. The first-order valence-corrected chi connectivity index (χ1v) is 14.6.